The Bertz CT molecular complexity index is 1190. The van der Waals surface area contributed by atoms with E-state index >= 15 is 0 Å². The molecule has 1 aliphatic rings. The summed E-state index contributed by atoms with van der Waals surface area (Å²) in [5.41, 5.74) is 5.48. The van der Waals surface area contributed by atoms with Crippen molar-refractivity contribution in [3.63, 3.8) is 0 Å². The van der Waals surface area contributed by atoms with Gasteiger partial charge in [-0.25, -0.2) is 4.79 Å². The van der Waals surface area contributed by atoms with Crippen LogP contribution in [0.15, 0.2) is 90.1 Å². The van der Waals surface area contributed by atoms with Crippen molar-refractivity contribution in [3.05, 3.63) is 112 Å². The highest BCUT2D eigenvalue weighted by atomic mass is 32.1. The Morgan fingerprint density at radius 2 is 1.68 bits per heavy atom. The fourth-order valence-electron chi connectivity index (χ4n) is 3.96. The second-order valence-corrected chi connectivity index (χ2v) is 8.66. The molecule has 3 aromatic carbocycles. The van der Waals surface area contributed by atoms with Gasteiger partial charge in [0.2, 0.25) is 0 Å². The van der Waals surface area contributed by atoms with Gasteiger partial charge in [0, 0.05) is 5.70 Å². The Hall–Kier alpha value is -3.64. The van der Waals surface area contributed by atoms with E-state index in [1.54, 1.807) is 7.11 Å². The number of allylic oxidation sites excluding steroid dienone is 1. The molecule has 0 fully saturated rings. The standard InChI is InChI=1S/C28H28N2O3S/c1-19-11-14-22(15-12-19)26-25(27(31)33-18-21-7-4-3-5-8-21)24(29-28(34)30-26)16-13-20-9-6-10-23(17-20)32-2/h3-12,14-15,17,26H,13,16,18H2,1-2H3,(H2,29,30,34). The molecule has 34 heavy (non-hydrogen) atoms. The Morgan fingerprint density at radius 3 is 2.41 bits per heavy atom. The normalized spacial score (nSPS) is 15.4. The van der Waals surface area contributed by atoms with Crippen LogP contribution in [0.2, 0.25) is 0 Å². The number of rotatable bonds is 8. The predicted molar refractivity (Wildman–Crippen MR) is 137 cm³/mol. The van der Waals surface area contributed by atoms with E-state index in [1.165, 1.54) is 0 Å². The van der Waals surface area contributed by atoms with Crippen LogP contribution in [0.4, 0.5) is 0 Å². The molecular formula is C28H28N2O3S. The molecule has 4 rings (SSSR count). The van der Waals surface area contributed by atoms with Crippen LogP contribution in [-0.2, 0) is 22.6 Å². The number of carbonyl (C=O) groups is 1. The van der Waals surface area contributed by atoms with Crippen LogP contribution in [0, 0.1) is 6.92 Å². The summed E-state index contributed by atoms with van der Waals surface area (Å²) in [5, 5.41) is 6.98. The summed E-state index contributed by atoms with van der Waals surface area (Å²) < 4.78 is 11.1. The first-order valence-electron chi connectivity index (χ1n) is 11.2. The number of hydrogen-bond acceptors (Lipinski definition) is 4. The van der Waals surface area contributed by atoms with Gasteiger partial charge in [0.25, 0.3) is 0 Å². The minimum absolute atomic E-state index is 0.206. The molecule has 5 nitrogen and oxygen atoms in total. The van der Waals surface area contributed by atoms with Gasteiger partial charge in [-0.3, -0.25) is 0 Å². The largest absolute Gasteiger partial charge is 0.497 e. The van der Waals surface area contributed by atoms with E-state index in [0.29, 0.717) is 17.1 Å². The molecule has 0 saturated heterocycles. The third-order valence-corrected chi connectivity index (χ3v) is 6.01. The zero-order chi connectivity index (χ0) is 23.9. The molecule has 174 valence electrons. The van der Waals surface area contributed by atoms with Gasteiger partial charge in [0.05, 0.1) is 18.7 Å². The quantitative estimate of drug-likeness (QED) is 0.349. The van der Waals surface area contributed by atoms with Gasteiger partial charge in [-0.15, -0.1) is 0 Å². The van der Waals surface area contributed by atoms with Gasteiger partial charge in [-0.05, 0) is 60.8 Å². The summed E-state index contributed by atoms with van der Waals surface area (Å²) >= 11 is 5.51. The molecule has 0 aliphatic carbocycles. The lowest BCUT2D eigenvalue weighted by Gasteiger charge is -2.31. The number of thiocarbonyl (C=S) groups is 1. The van der Waals surface area contributed by atoms with Crippen molar-refractivity contribution >= 4 is 23.3 Å². The van der Waals surface area contributed by atoms with Crippen LogP contribution in [-0.4, -0.2) is 18.2 Å². The molecule has 1 aliphatic heterocycles. The van der Waals surface area contributed by atoms with Crippen molar-refractivity contribution in [2.75, 3.05) is 7.11 Å². The van der Waals surface area contributed by atoms with Gasteiger partial charge >= 0.3 is 5.97 Å². The molecule has 0 spiro atoms. The van der Waals surface area contributed by atoms with Crippen LogP contribution < -0.4 is 15.4 Å². The van der Waals surface area contributed by atoms with Crippen LogP contribution in [0.1, 0.15) is 34.7 Å². The molecule has 1 unspecified atom stereocenters. The summed E-state index contributed by atoms with van der Waals surface area (Å²) in [6, 6.07) is 25.3. The SMILES string of the molecule is COc1cccc(CCC2=C(C(=O)OCc3ccccc3)C(c3ccc(C)cc3)NC(=S)N2)c1. The molecule has 2 N–H and O–H groups in total. The van der Waals surface area contributed by atoms with Gasteiger partial charge in [0.1, 0.15) is 12.4 Å². The van der Waals surface area contributed by atoms with E-state index in [2.05, 4.69) is 10.6 Å². The molecule has 0 bridgehead atoms. The average molecular weight is 473 g/mol. The molecule has 3 aromatic rings. The predicted octanol–water partition coefficient (Wildman–Crippen LogP) is 5.15. The van der Waals surface area contributed by atoms with Crippen molar-refractivity contribution < 1.29 is 14.3 Å². The van der Waals surface area contributed by atoms with E-state index in [1.807, 2.05) is 85.8 Å². The third kappa shape index (κ3) is 5.83. The van der Waals surface area contributed by atoms with Gasteiger partial charge < -0.3 is 20.1 Å². The first kappa shape index (κ1) is 23.5. The Labute approximate surface area is 205 Å². The number of aryl methyl sites for hydroxylation is 2. The van der Waals surface area contributed by atoms with Crippen LogP contribution in [0.5, 0.6) is 5.75 Å². The molecule has 1 heterocycles. The van der Waals surface area contributed by atoms with Crippen LogP contribution in [0.25, 0.3) is 0 Å². The maximum absolute atomic E-state index is 13.4. The fraction of sp³-hybridized carbons (Fsp3) is 0.214. The zero-order valence-corrected chi connectivity index (χ0v) is 20.2. The molecule has 1 atom stereocenters. The summed E-state index contributed by atoms with van der Waals surface area (Å²) in [5.74, 6) is 0.442. The molecule has 0 radical (unpaired) electrons. The zero-order valence-electron chi connectivity index (χ0n) is 19.3. The molecule has 0 saturated carbocycles. The highest BCUT2D eigenvalue weighted by Crippen LogP contribution is 2.30. The molecule has 6 heteroatoms. The van der Waals surface area contributed by atoms with E-state index < -0.39 is 6.04 Å². The van der Waals surface area contributed by atoms with Crippen molar-refractivity contribution in [1.82, 2.24) is 10.6 Å². The van der Waals surface area contributed by atoms with Crippen molar-refractivity contribution in [1.29, 1.82) is 0 Å². The highest BCUT2D eigenvalue weighted by molar-refractivity contribution is 7.80. The van der Waals surface area contributed by atoms with Crippen LogP contribution in [0.3, 0.4) is 0 Å². The molecular weight excluding hydrogens is 444 g/mol. The topological polar surface area (TPSA) is 59.6 Å². The maximum atomic E-state index is 13.4. The Morgan fingerprint density at radius 1 is 0.941 bits per heavy atom. The minimum Gasteiger partial charge on any atom is -0.497 e. The van der Waals surface area contributed by atoms with E-state index in [9.17, 15) is 4.79 Å². The minimum atomic E-state index is -0.391. The van der Waals surface area contributed by atoms with E-state index in [4.69, 9.17) is 21.7 Å². The number of carbonyl (C=O) groups excluding carboxylic acids is 1. The summed E-state index contributed by atoms with van der Waals surface area (Å²) in [6.45, 7) is 2.24. The van der Waals surface area contributed by atoms with Gasteiger partial charge in [-0.2, -0.15) is 0 Å². The summed E-state index contributed by atoms with van der Waals surface area (Å²) in [4.78, 5) is 13.4. The first-order chi connectivity index (χ1) is 16.5. The smallest absolute Gasteiger partial charge is 0.338 e. The first-order valence-corrected chi connectivity index (χ1v) is 11.7. The van der Waals surface area contributed by atoms with Gasteiger partial charge in [-0.1, -0.05) is 72.3 Å². The lowest BCUT2D eigenvalue weighted by molar-refractivity contribution is -0.140. The van der Waals surface area contributed by atoms with Crippen molar-refractivity contribution in [2.45, 2.75) is 32.4 Å². The summed E-state index contributed by atoms with van der Waals surface area (Å²) in [7, 11) is 1.65. The number of nitrogens with one attached hydrogen (secondary N) is 2. The van der Waals surface area contributed by atoms with Crippen molar-refractivity contribution in [2.24, 2.45) is 0 Å². The Kier molecular flexibility index (Phi) is 7.60. The second-order valence-electron chi connectivity index (χ2n) is 8.25. The molecule has 0 aromatic heterocycles. The third-order valence-electron chi connectivity index (χ3n) is 5.79. The van der Waals surface area contributed by atoms with Crippen molar-refractivity contribution in [3.8, 4) is 5.75 Å². The monoisotopic (exact) mass is 472 g/mol. The second kappa shape index (κ2) is 11.0. The number of esters is 1. The lowest BCUT2D eigenvalue weighted by atomic mass is 9.92. The number of benzene rings is 3. The van der Waals surface area contributed by atoms with Gasteiger partial charge in [0.15, 0.2) is 5.11 Å². The number of ether oxygens (including phenoxy) is 2. The average Bonchev–Trinajstić information content (AvgIpc) is 2.87. The number of hydrogen-bond donors (Lipinski definition) is 2. The maximum Gasteiger partial charge on any atom is 0.338 e. The molecule has 0 amide bonds. The highest BCUT2D eigenvalue weighted by Gasteiger charge is 2.32. The lowest BCUT2D eigenvalue weighted by Crippen LogP contribution is -2.45. The number of methoxy groups -OCH3 is 1. The van der Waals surface area contributed by atoms with Crippen LogP contribution >= 0.6 is 12.2 Å². The van der Waals surface area contributed by atoms with E-state index in [0.717, 1.165) is 40.1 Å². The van der Waals surface area contributed by atoms with E-state index in [-0.39, 0.29) is 12.6 Å². The summed E-state index contributed by atoms with van der Waals surface area (Å²) in [6.07, 6.45) is 1.32. The Balaban J connectivity index is 1.64. The fourth-order valence-corrected chi connectivity index (χ4v) is 4.20.